The summed E-state index contributed by atoms with van der Waals surface area (Å²) in [7, 11) is 0. The van der Waals surface area contributed by atoms with Gasteiger partial charge in [-0.2, -0.15) is 0 Å². The maximum Gasteiger partial charge on any atom is 1.00 e. The predicted octanol–water partition coefficient (Wildman–Crippen LogP) is -1.55. The van der Waals surface area contributed by atoms with Crippen LogP contribution in [0.4, 0.5) is 0 Å². The molecule has 0 heterocycles. The zero-order valence-electron chi connectivity index (χ0n) is 11.7. The van der Waals surface area contributed by atoms with Crippen LogP contribution in [0.15, 0.2) is 48.5 Å². The van der Waals surface area contributed by atoms with Gasteiger partial charge in [-0.15, -0.1) is 0 Å². The first kappa shape index (κ1) is 19.2. The molecule has 2 N–H and O–H groups in total. The van der Waals surface area contributed by atoms with Gasteiger partial charge in [-0.1, -0.05) is 30.3 Å². The van der Waals surface area contributed by atoms with Gasteiger partial charge >= 0.3 is 35.5 Å². The van der Waals surface area contributed by atoms with Gasteiger partial charge in [0.15, 0.2) is 0 Å². The first-order valence-electron chi connectivity index (χ1n) is 5.71. The summed E-state index contributed by atoms with van der Waals surface area (Å²) < 4.78 is 0. The maximum absolute atomic E-state index is 10.3. The van der Waals surface area contributed by atoms with Crippen molar-refractivity contribution in [3.8, 4) is 5.75 Å². The average molecular weight is 296 g/mol. The first-order valence-corrected chi connectivity index (χ1v) is 5.71. The molecule has 2 aromatic carbocycles. The molecule has 104 valence electrons. The van der Waals surface area contributed by atoms with Gasteiger partial charge in [-0.05, 0) is 30.7 Å². The van der Waals surface area contributed by atoms with E-state index in [9.17, 15) is 14.7 Å². The van der Waals surface area contributed by atoms with Crippen molar-refractivity contribution in [3.63, 3.8) is 0 Å². The van der Waals surface area contributed by atoms with Crippen molar-refractivity contribution in [2.45, 2.75) is 6.92 Å². The number of carboxylic acid groups (broad SMARTS) is 2. The summed E-state index contributed by atoms with van der Waals surface area (Å²) in [5, 5.41) is 27.8. The Morgan fingerprint density at radius 2 is 1.57 bits per heavy atom. The fourth-order valence-corrected chi connectivity index (χ4v) is 1.40. The number of carbonyl (C=O) groups is 2. The zero-order chi connectivity index (χ0) is 15.1. The van der Waals surface area contributed by atoms with Gasteiger partial charge < -0.3 is 20.1 Å². The number of aryl methyl sites for hydroxylation is 1. The summed E-state index contributed by atoms with van der Waals surface area (Å²) in [5.74, 6) is -2.45. The van der Waals surface area contributed by atoms with Gasteiger partial charge in [-0.3, -0.25) is 0 Å². The van der Waals surface area contributed by atoms with Crippen molar-refractivity contribution in [1.82, 2.24) is 0 Å². The summed E-state index contributed by atoms with van der Waals surface area (Å²) >= 11 is 0. The second kappa shape index (κ2) is 9.18. The van der Waals surface area contributed by atoms with E-state index in [4.69, 9.17) is 10.2 Å². The van der Waals surface area contributed by atoms with Gasteiger partial charge in [0.25, 0.3) is 0 Å². The van der Waals surface area contributed by atoms with Crippen LogP contribution < -0.4 is 34.7 Å². The number of aromatic hydroxyl groups is 1. The van der Waals surface area contributed by atoms with E-state index >= 15 is 0 Å². The molecule has 0 aromatic heterocycles. The molecule has 2 rings (SSSR count). The number of para-hydroxylation sites is 1. The molecular formula is C15H13NaO5. The first-order chi connectivity index (χ1) is 9.43. The van der Waals surface area contributed by atoms with Crippen LogP contribution in [0, 0.1) is 6.92 Å². The Morgan fingerprint density at radius 3 is 1.95 bits per heavy atom. The molecule has 0 saturated heterocycles. The normalized spacial score (nSPS) is 8.81. The third kappa shape index (κ3) is 5.99. The van der Waals surface area contributed by atoms with Gasteiger partial charge in [0.2, 0.25) is 0 Å². The van der Waals surface area contributed by atoms with Crippen LogP contribution in [-0.2, 0) is 0 Å². The van der Waals surface area contributed by atoms with E-state index < -0.39 is 11.9 Å². The number of rotatable bonds is 2. The molecule has 21 heavy (non-hydrogen) atoms. The monoisotopic (exact) mass is 296 g/mol. The molecule has 5 nitrogen and oxygen atoms in total. The molecule has 0 saturated carbocycles. The molecule has 0 unspecified atom stereocenters. The van der Waals surface area contributed by atoms with Crippen LogP contribution in [0.5, 0.6) is 5.75 Å². The topological polar surface area (TPSA) is 97.7 Å². The summed E-state index contributed by atoms with van der Waals surface area (Å²) in [6.45, 7) is 1.63. The molecule has 0 amide bonds. The number of benzene rings is 2. The quantitative estimate of drug-likeness (QED) is 0.654. The predicted molar refractivity (Wildman–Crippen MR) is 70.6 cm³/mol. The van der Waals surface area contributed by atoms with Crippen molar-refractivity contribution in [2.24, 2.45) is 0 Å². The number of hydrogen-bond donors (Lipinski definition) is 2. The molecule has 0 atom stereocenters. The molecule has 0 aliphatic carbocycles. The minimum absolute atomic E-state index is 0. The zero-order valence-corrected chi connectivity index (χ0v) is 13.7. The van der Waals surface area contributed by atoms with E-state index in [0.717, 1.165) is 0 Å². The molecule has 0 spiro atoms. The van der Waals surface area contributed by atoms with Crippen molar-refractivity contribution >= 4 is 11.9 Å². The average Bonchev–Trinajstić information content (AvgIpc) is 2.43. The second-order valence-electron chi connectivity index (χ2n) is 3.93. The molecular weight excluding hydrogens is 283 g/mol. The summed E-state index contributed by atoms with van der Waals surface area (Å²) in [5.41, 5.74) is 0.703. The molecule has 2 aromatic rings. The fraction of sp³-hybridized carbons (Fsp3) is 0.0667. The third-order valence-corrected chi connectivity index (χ3v) is 2.48. The number of hydrogen-bond acceptors (Lipinski definition) is 4. The van der Waals surface area contributed by atoms with E-state index in [-0.39, 0.29) is 40.9 Å². The molecule has 0 radical (unpaired) electrons. The Bertz CT molecular complexity index is 611. The Morgan fingerprint density at radius 1 is 1.00 bits per heavy atom. The van der Waals surface area contributed by atoms with E-state index in [1.54, 1.807) is 49.4 Å². The van der Waals surface area contributed by atoms with Crippen LogP contribution in [0.3, 0.4) is 0 Å². The number of aromatic carboxylic acids is 2. The van der Waals surface area contributed by atoms with Crippen LogP contribution in [0.2, 0.25) is 0 Å². The Kier molecular flexibility index (Phi) is 8.38. The largest absolute Gasteiger partial charge is 1.00 e. The van der Waals surface area contributed by atoms with Crippen LogP contribution in [-0.4, -0.2) is 22.2 Å². The molecule has 0 bridgehead atoms. The van der Waals surface area contributed by atoms with Crippen molar-refractivity contribution in [1.29, 1.82) is 0 Å². The van der Waals surface area contributed by atoms with Gasteiger partial charge in [-0.25, -0.2) is 4.79 Å². The molecule has 0 fully saturated rings. The van der Waals surface area contributed by atoms with E-state index in [0.29, 0.717) is 11.1 Å². The second-order valence-corrected chi connectivity index (χ2v) is 3.93. The van der Waals surface area contributed by atoms with E-state index in [1.165, 1.54) is 6.07 Å². The molecule has 0 aliphatic heterocycles. The third-order valence-electron chi connectivity index (χ3n) is 2.48. The van der Waals surface area contributed by atoms with Gasteiger partial charge in [0.1, 0.15) is 5.75 Å². The van der Waals surface area contributed by atoms with Crippen LogP contribution in [0.1, 0.15) is 26.3 Å². The van der Waals surface area contributed by atoms with Crippen molar-refractivity contribution < 1.29 is 54.5 Å². The minimum atomic E-state index is -1.36. The van der Waals surface area contributed by atoms with Crippen LogP contribution in [0.25, 0.3) is 0 Å². The van der Waals surface area contributed by atoms with Gasteiger partial charge in [0, 0.05) is 5.56 Å². The Labute approximate surface area is 144 Å². The SMILES string of the molecule is Cc1cccc(C(=O)[O-])c1O.O=C(O)c1ccccc1.[Na+]. The minimum Gasteiger partial charge on any atom is -0.545 e. The Hall–Kier alpha value is -1.82. The number of phenols is 1. The smallest absolute Gasteiger partial charge is 0.545 e. The Balaban J connectivity index is 0.000000370. The molecule has 0 aliphatic rings. The van der Waals surface area contributed by atoms with E-state index in [2.05, 4.69) is 0 Å². The maximum atomic E-state index is 10.3. The summed E-state index contributed by atoms with van der Waals surface area (Å²) in [6.07, 6.45) is 0. The standard InChI is InChI=1S/C8H8O3.C7H6O2.Na/c1-5-3-2-4-6(7(5)9)8(10)11;8-7(9)6-4-2-1-3-5-6;/h2-4,9H,1H3,(H,10,11);1-5H,(H,8,9);/q;;+1/p-1. The van der Waals surface area contributed by atoms with E-state index in [1.807, 2.05) is 0 Å². The summed E-state index contributed by atoms with van der Waals surface area (Å²) in [4.78, 5) is 20.5. The van der Waals surface area contributed by atoms with Crippen molar-refractivity contribution in [3.05, 3.63) is 65.2 Å². The molecule has 6 heteroatoms. The van der Waals surface area contributed by atoms with Crippen LogP contribution >= 0.6 is 0 Å². The summed E-state index contributed by atoms with van der Waals surface area (Å²) in [6, 6.07) is 12.8. The fourth-order valence-electron chi connectivity index (χ4n) is 1.40. The number of carboxylic acids is 2. The van der Waals surface area contributed by atoms with Crippen molar-refractivity contribution in [2.75, 3.05) is 0 Å². The van der Waals surface area contributed by atoms with Gasteiger partial charge in [0.05, 0.1) is 11.5 Å². The number of carbonyl (C=O) groups excluding carboxylic acids is 1.